The van der Waals surface area contributed by atoms with E-state index in [0.29, 0.717) is 12.1 Å². The highest BCUT2D eigenvalue weighted by Crippen LogP contribution is 2.17. The fourth-order valence-electron chi connectivity index (χ4n) is 1.21. The minimum atomic E-state index is -1.23. The molecule has 0 spiro atoms. The van der Waals surface area contributed by atoms with Crippen molar-refractivity contribution in [3.63, 3.8) is 0 Å². The molecule has 0 radical (unpaired) electrons. The van der Waals surface area contributed by atoms with Crippen LogP contribution in [0.3, 0.4) is 0 Å². The van der Waals surface area contributed by atoms with E-state index in [0.717, 1.165) is 0 Å². The molecule has 0 aliphatic heterocycles. The summed E-state index contributed by atoms with van der Waals surface area (Å²) in [4.78, 5) is 11.6. The molecule has 0 saturated heterocycles. The van der Waals surface area contributed by atoms with Gasteiger partial charge in [-0.05, 0) is 5.41 Å². The highest BCUT2D eigenvalue weighted by molar-refractivity contribution is 6.18. The number of carbonyl (C=O) groups excluding carboxylic acids is 1. The first-order valence-corrected chi connectivity index (χ1v) is 5.79. The van der Waals surface area contributed by atoms with E-state index in [4.69, 9.17) is 11.6 Å². The maximum atomic E-state index is 13.3. The summed E-state index contributed by atoms with van der Waals surface area (Å²) in [5.41, 5.74) is -1.19. The first kappa shape index (κ1) is 14.8. The Bertz CT molecular complexity index is 440. The molecule has 0 aliphatic rings. The maximum absolute atomic E-state index is 13.3. The third-order valence-electron chi connectivity index (χ3n) is 2.32. The molecule has 2 nitrogen and oxygen atoms in total. The number of benzene rings is 1. The molecule has 0 fully saturated rings. The second-order valence-corrected chi connectivity index (χ2v) is 4.99. The van der Waals surface area contributed by atoms with Gasteiger partial charge in [-0.3, -0.25) is 4.79 Å². The van der Waals surface area contributed by atoms with Crippen molar-refractivity contribution < 1.29 is 18.0 Å². The molecule has 0 unspecified atom stereocenters. The molecule has 1 aromatic carbocycles. The van der Waals surface area contributed by atoms with E-state index in [1.807, 2.05) is 0 Å². The van der Waals surface area contributed by atoms with Crippen molar-refractivity contribution in [3.8, 4) is 0 Å². The largest absolute Gasteiger partial charge is 0.351 e. The van der Waals surface area contributed by atoms with E-state index < -0.39 is 34.3 Å². The predicted octanol–water partition coefficient (Wildman–Crippen LogP) is 3.10. The van der Waals surface area contributed by atoms with E-state index in [9.17, 15) is 18.0 Å². The number of halogens is 4. The molecular formula is C12H13ClF3NO. The fourth-order valence-corrected chi connectivity index (χ4v) is 1.31. The molecule has 0 saturated carbocycles. The summed E-state index contributed by atoms with van der Waals surface area (Å²) in [6, 6.07) is 0.926. The van der Waals surface area contributed by atoms with Crippen molar-refractivity contribution in [1.29, 1.82) is 0 Å². The van der Waals surface area contributed by atoms with Crippen molar-refractivity contribution in [1.82, 2.24) is 5.32 Å². The second kappa shape index (κ2) is 5.61. The fraction of sp³-hybridized carbons (Fsp3) is 0.417. The number of hydrogen-bond acceptors (Lipinski definition) is 1. The van der Waals surface area contributed by atoms with Crippen LogP contribution in [0.4, 0.5) is 13.2 Å². The summed E-state index contributed by atoms with van der Waals surface area (Å²) in [5, 5.41) is 2.37. The van der Waals surface area contributed by atoms with E-state index in [2.05, 4.69) is 5.32 Å². The van der Waals surface area contributed by atoms with Crippen LogP contribution in [0.1, 0.15) is 24.2 Å². The van der Waals surface area contributed by atoms with E-state index in [1.165, 1.54) is 0 Å². The van der Waals surface area contributed by atoms with Crippen LogP contribution in [0.15, 0.2) is 12.1 Å². The zero-order chi connectivity index (χ0) is 13.9. The third kappa shape index (κ3) is 3.63. The van der Waals surface area contributed by atoms with Crippen molar-refractivity contribution in [3.05, 3.63) is 35.1 Å². The Labute approximate surface area is 108 Å². The number of alkyl halides is 1. The zero-order valence-electron chi connectivity index (χ0n) is 9.99. The van der Waals surface area contributed by atoms with Gasteiger partial charge >= 0.3 is 0 Å². The number of rotatable bonds is 4. The normalized spacial score (nSPS) is 11.4. The van der Waals surface area contributed by atoms with Gasteiger partial charge in [-0.1, -0.05) is 13.8 Å². The molecule has 1 aromatic rings. The molecule has 6 heteroatoms. The average Bonchev–Trinajstić information content (AvgIpc) is 2.25. The van der Waals surface area contributed by atoms with Crippen LogP contribution in [-0.4, -0.2) is 18.3 Å². The van der Waals surface area contributed by atoms with Gasteiger partial charge in [0.05, 0.1) is 0 Å². The highest BCUT2D eigenvalue weighted by atomic mass is 35.5. The Morgan fingerprint density at radius 2 is 1.78 bits per heavy atom. The van der Waals surface area contributed by atoms with Crippen molar-refractivity contribution in [2.45, 2.75) is 13.8 Å². The third-order valence-corrected chi connectivity index (χ3v) is 3.05. The van der Waals surface area contributed by atoms with Crippen molar-refractivity contribution in [2.75, 3.05) is 12.4 Å². The van der Waals surface area contributed by atoms with E-state index >= 15 is 0 Å². The SMILES string of the molecule is CC(C)(CCl)CNC(=O)c1c(F)cc(F)cc1F. The maximum Gasteiger partial charge on any atom is 0.257 e. The average molecular weight is 280 g/mol. The quantitative estimate of drug-likeness (QED) is 0.843. The predicted molar refractivity (Wildman–Crippen MR) is 63.2 cm³/mol. The Kier molecular flexibility index (Phi) is 4.62. The summed E-state index contributed by atoms with van der Waals surface area (Å²) in [7, 11) is 0. The van der Waals surface area contributed by atoms with Gasteiger partial charge in [0.2, 0.25) is 0 Å². The summed E-state index contributed by atoms with van der Waals surface area (Å²) in [6.07, 6.45) is 0. The Balaban J connectivity index is 2.86. The minimum absolute atomic E-state index is 0.158. The molecule has 18 heavy (non-hydrogen) atoms. The topological polar surface area (TPSA) is 29.1 Å². The highest BCUT2D eigenvalue weighted by Gasteiger charge is 2.22. The summed E-state index contributed by atoms with van der Waals surface area (Å²) >= 11 is 5.66. The summed E-state index contributed by atoms with van der Waals surface area (Å²) < 4.78 is 39.3. The van der Waals surface area contributed by atoms with Crippen LogP contribution in [-0.2, 0) is 0 Å². The van der Waals surface area contributed by atoms with Crippen LogP contribution in [0.2, 0.25) is 0 Å². The molecular weight excluding hydrogens is 267 g/mol. The van der Waals surface area contributed by atoms with Gasteiger partial charge in [-0.25, -0.2) is 13.2 Å². The molecule has 100 valence electrons. The molecule has 1 amide bonds. The summed E-state index contributed by atoms with van der Waals surface area (Å²) in [5.74, 6) is -4.17. The van der Waals surface area contributed by atoms with Crippen LogP contribution >= 0.6 is 11.6 Å². The Morgan fingerprint density at radius 3 is 2.22 bits per heavy atom. The van der Waals surface area contributed by atoms with Crippen LogP contribution in [0, 0.1) is 22.9 Å². The first-order chi connectivity index (χ1) is 8.26. The monoisotopic (exact) mass is 279 g/mol. The molecule has 1 N–H and O–H groups in total. The van der Waals surface area contributed by atoms with Gasteiger partial charge in [0.15, 0.2) is 0 Å². The van der Waals surface area contributed by atoms with Crippen LogP contribution in [0.25, 0.3) is 0 Å². The molecule has 0 aromatic heterocycles. The van der Waals surface area contributed by atoms with Gasteiger partial charge in [0, 0.05) is 24.6 Å². The van der Waals surface area contributed by atoms with Gasteiger partial charge in [0.1, 0.15) is 23.0 Å². The van der Waals surface area contributed by atoms with Crippen molar-refractivity contribution in [2.24, 2.45) is 5.41 Å². The van der Waals surface area contributed by atoms with Crippen molar-refractivity contribution >= 4 is 17.5 Å². The Morgan fingerprint density at radius 1 is 1.28 bits per heavy atom. The smallest absolute Gasteiger partial charge is 0.257 e. The summed E-state index contributed by atoms with van der Waals surface area (Å²) in [6.45, 7) is 3.74. The number of carbonyl (C=O) groups is 1. The second-order valence-electron chi connectivity index (χ2n) is 4.72. The zero-order valence-corrected chi connectivity index (χ0v) is 10.7. The lowest BCUT2D eigenvalue weighted by atomic mass is 9.96. The number of nitrogens with one attached hydrogen (secondary N) is 1. The van der Waals surface area contributed by atoms with E-state index in [1.54, 1.807) is 13.8 Å². The molecule has 0 bridgehead atoms. The molecule has 0 aliphatic carbocycles. The lowest BCUT2D eigenvalue weighted by Gasteiger charge is -2.21. The van der Waals surface area contributed by atoms with Gasteiger partial charge in [-0.15, -0.1) is 11.6 Å². The van der Waals surface area contributed by atoms with Crippen LogP contribution in [0.5, 0.6) is 0 Å². The molecule has 0 atom stereocenters. The standard InChI is InChI=1S/C12H13ClF3NO/c1-12(2,5-13)6-17-11(18)10-8(15)3-7(14)4-9(10)16/h3-4H,5-6H2,1-2H3,(H,17,18). The molecule has 1 rings (SSSR count). The lowest BCUT2D eigenvalue weighted by molar-refractivity contribution is 0.0931. The van der Waals surface area contributed by atoms with Gasteiger partial charge in [-0.2, -0.15) is 0 Å². The minimum Gasteiger partial charge on any atom is -0.351 e. The molecule has 0 heterocycles. The lowest BCUT2D eigenvalue weighted by Crippen LogP contribution is -2.35. The van der Waals surface area contributed by atoms with Crippen LogP contribution < -0.4 is 5.32 Å². The van der Waals surface area contributed by atoms with Gasteiger partial charge in [0.25, 0.3) is 5.91 Å². The first-order valence-electron chi connectivity index (χ1n) is 5.25. The Hall–Kier alpha value is -1.23. The van der Waals surface area contributed by atoms with Gasteiger partial charge < -0.3 is 5.32 Å². The van der Waals surface area contributed by atoms with E-state index in [-0.39, 0.29) is 12.4 Å². The number of hydrogen-bond donors (Lipinski definition) is 1. The number of amides is 1.